The maximum Gasteiger partial charge on any atom is 0.224 e. The number of carbonyl (C=O) groups excluding carboxylic acids is 1. The molecule has 0 aliphatic heterocycles. The van der Waals surface area contributed by atoms with Gasteiger partial charge in [-0.25, -0.2) is 0 Å². The molecule has 27 heavy (non-hydrogen) atoms. The van der Waals surface area contributed by atoms with Crippen LogP contribution >= 0.6 is 11.6 Å². The molecule has 0 bridgehead atoms. The van der Waals surface area contributed by atoms with Gasteiger partial charge in [-0.1, -0.05) is 54.9 Å². The molecule has 0 heterocycles. The van der Waals surface area contributed by atoms with Crippen molar-refractivity contribution in [3.63, 3.8) is 0 Å². The Kier molecular flexibility index (Phi) is 5.78. The second-order valence-corrected chi connectivity index (χ2v) is 8.30. The second-order valence-electron chi connectivity index (χ2n) is 7.89. The maximum atomic E-state index is 12.7. The van der Waals surface area contributed by atoms with Crippen molar-refractivity contribution in [1.82, 2.24) is 10.2 Å². The fourth-order valence-electron chi connectivity index (χ4n) is 3.61. The number of hydrogen-bond acceptors (Lipinski definition) is 3. The van der Waals surface area contributed by atoms with Crippen molar-refractivity contribution >= 4 is 17.5 Å². The van der Waals surface area contributed by atoms with E-state index in [2.05, 4.69) is 29.3 Å². The summed E-state index contributed by atoms with van der Waals surface area (Å²) in [6.07, 6.45) is 1.64. The number of hydrogen-bond donors (Lipinski definition) is 2. The molecule has 3 atom stereocenters. The van der Waals surface area contributed by atoms with E-state index in [9.17, 15) is 9.90 Å². The Morgan fingerprint density at radius 2 is 2.00 bits per heavy atom. The van der Waals surface area contributed by atoms with Crippen LogP contribution in [-0.4, -0.2) is 42.6 Å². The summed E-state index contributed by atoms with van der Waals surface area (Å²) in [7, 11) is 4.01. The number of rotatable bonds is 7. The summed E-state index contributed by atoms with van der Waals surface area (Å²) in [4.78, 5) is 14.8. The number of aromatic hydroxyl groups is 1. The second kappa shape index (κ2) is 7.91. The zero-order valence-electron chi connectivity index (χ0n) is 16.1. The highest BCUT2D eigenvalue weighted by Crippen LogP contribution is 2.53. The van der Waals surface area contributed by atoms with Gasteiger partial charge in [0.1, 0.15) is 5.75 Å². The van der Waals surface area contributed by atoms with Gasteiger partial charge in [0.25, 0.3) is 0 Å². The first-order valence-electron chi connectivity index (χ1n) is 9.28. The molecule has 2 aromatic carbocycles. The van der Waals surface area contributed by atoms with E-state index >= 15 is 0 Å². The molecule has 4 nitrogen and oxygen atoms in total. The quantitative estimate of drug-likeness (QED) is 0.764. The predicted octanol–water partition coefficient (Wildman–Crippen LogP) is 3.61. The average Bonchev–Trinajstić information content (AvgIpc) is 3.35. The highest BCUT2D eigenvalue weighted by atomic mass is 35.5. The Balaban J connectivity index is 1.58. The molecule has 1 fully saturated rings. The lowest BCUT2D eigenvalue weighted by atomic mass is 9.95. The van der Waals surface area contributed by atoms with Gasteiger partial charge in [-0.05, 0) is 50.2 Å². The number of nitrogens with one attached hydrogen (secondary N) is 1. The minimum absolute atomic E-state index is 0.0332. The summed E-state index contributed by atoms with van der Waals surface area (Å²) >= 11 is 6.01. The monoisotopic (exact) mass is 386 g/mol. The number of phenols is 1. The normalized spacial score (nSPS) is 22.5. The van der Waals surface area contributed by atoms with Crippen LogP contribution in [0.5, 0.6) is 5.75 Å². The molecular formula is C22H27ClN2O2. The van der Waals surface area contributed by atoms with E-state index in [1.807, 2.05) is 38.4 Å². The average molecular weight is 387 g/mol. The summed E-state index contributed by atoms with van der Waals surface area (Å²) in [5, 5.41) is 13.1. The molecule has 1 amide bonds. The van der Waals surface area contributed by atoms with Crippen LogP contribution in [0, 0.1) is 5.92 Å². The molecule has 1 aliphatic rings. The lowest BCUT2D eigenvalue weighted by Crippen LogP contribution is -2.42. The Morgan fingerprint density at radius 1 is 1.30 bits per heavy atom. The highest BCUT2D eigenvalue weighted by molar-refractivity contribution is 6.32. The van der Waals surface area contributed by atoms with Crippen LogP contribution < -0.4 is 5.32 Å². The first kappa shape index (κ1) is 19.7. The summed E-state index contributed by atoms with van der Waals surface area (Å²) in [6, 6.07) is 15.7. The molecule has 0 radical (unpaired) electrons. The number of carbonyl (C=O) groups is 1. The Labute approximate surface area is 166 Å². The summed E-state index contributed by atoms with van der Waals surface area (Å²) in [6.45, 7) is 2.74. The Morgan fingerprint density at radius 3 is 2.63 bits per heavy atom. The fraction of sp³-hybridized carbons (Fsp3) is 0.409. The van der Waals surface area contributed by atoms with E-state index in [0.29, 0.717) is 11.6 Å². The molecule has 1 aliphatic carbocycles. The van der Waals surface area contributed by atoms with Crippen LogP contribution in [0.1, 0.15) is 24.5 Å². The van der Waals surface area contributed by atoms with Crippen molar-refractivity contribution in [3.8, 4) is 5.75 Å². The molecule has 1 saturated carbocycles. The van der Waals surface area contributed by atoms with Crippen molar-refractivity contribution < 1.29 is 9.90 Å². The molecule has 2 aromatic rings. The molecule has 5 heteroatoms. The molecule has 0 unspecified atom stereocenters. The Hall–Kier alpha value is -2.04. The largest absolute Gasteiger partial charge is 0.506 e. The van der Waals surface area contributed by atoms with Gasteiger partial charge in [-0.2, -0.15) is 0 Å². The van der Waals surface area contributed by atoms with E-state index in [1.165, 1.54) is 5.56 Å². The molecule has 144 valence electrons. The van der Waals surface area contributed by atoms with Gasteiger partial charge in [-0.15, -0.1) is 0 Å². The number of nitrogens with zero attached hydrogens (tertiary/aromatic N) is 1. The van der Waals surface area contributed by atoms with Gasteiger partial charge in [0.15, 0.2) is 0 Å². The number of phenolic OH excluding ortho intramolecular Hbond substituents is 1. The zero-order chi connectivity index (χ0) is 19.6. The van der Waals surface area contributed by atoms with E-state index in [1.54, 1.807) is 12.1 Å². The van der Waals surface area contributed by atoms with Crippen LogP contribution in [0.4, 0.5) is 0 Å². The lowest BCUT2D eigenvalue weighted by molar-refractivity contribution is -0.122. The number of likely N-dealkylation sites (N-methyl/N-ethyl adjacent to an activating group) is 1. The van der Waals surface area contributed by atoms with Crippen LogP contribution in [0.15, 0.2) is 48.5 Å². The first-order valence-corrected chi connectivity index (χ1v) is 9.66. The smallest absolute Gasteiger partial charge is 0.224 e. The van der Waals surface area contributed by atoms with Crippen molar-refractivity contribution in [3.05, 3.63) is 64.7 Å². The van der Waals surface area contributed by atoms with Gasteiger partial charge < -0.3 is 15.3 Å². The predicted molar refractivity (Wildman–Crippen MR) is 109 cm³/mol. The Bertz CT molecular complexity index is 809. The van der Waals surface area contributed by atoms with E-state index in [0.717, 1.165) is 18.4 Å². The van der Waals surface area contributed by atoms with Crippen molar-refractivity contribution in [1.29, 1.82) is 0 Å². The molecule has 2 N–H and O–H groups in total. The van der Waals surface area contributed by atoms with Crippen molar-refractivity contribution in [2.45, 2.75) is 31.2 Å². The number of amides is 1. The van der Waals surface area contributed by atoms with Crippen LogP contribution in [0.25, 0.3) is 0 Å². The summed E-state index contributed by atoms with van der Waals surface area (Å²) in [5.41, 5.74) is 2.21. The van der Waals surface area contributed by atoms with Gasteiger partial charge >= 0.3 is 0 Å². The van der Waals surface area contributed by atoms with E-state index in [-0.39, 0.29) is 29.0 Å². The topological polar surface area (TPSA) is 52.6 Å². The molecule has 3 rings (SSSR count). The molecule has 0 aromatic heterocycles. The third-order valence-electron chi connectivity index (χ3n) is 5.71. The third kappa shape index (κ3) is 4.45. The fourth-order valence-corrected chi connectivity index (χ4v) is 3.82. The van der Waals surface area contributed by atoms with Crippen molar-refractivity contribution in [2.24, 2.45) is 5.92 Å². The molecule has 0 saturated heterocycles. The zero-order valence-corrected chi connectivity index (χ0v) is 16.8. The first-order chi connectivity index (χ1) is 12.8. The van der Waals surface area contributed by atoms with E-state index in [4.69, 9.17) is 11.6 Å². The minimum Gasteiger partial charge on any atom is -0.506 e. The van der Waals surface area contributed by atoms with E-state index < -0.39 is 0 Å². The van der Waals surface area contributed by atoms with Crippen molar-refractivity contribution in [2.75, 3.05) is 20.6 Å². The standard InChI is InChI=1S/C22H27ClN2O2/c1-22(16-7-5-4-6-8-16)13-18(22)21(27)24-14-17(25(2)3)11-15-9-10-20(26)19(23)12-15/h4-10,12,17-18,26H,11,13-14H2,1-3H3,(H,24,27)/t17-,18-,22+/m0/s1. The highest BCUT2D eigenvalue weighted by Gasteiger charge is 2.55. The van der Waals surface area contributed by atoms with Crippen LogP contribution in [0.2, 0.25) is 5.02 Å². The van der Waals surface area contributed by atoms with Gasteiger partial charge in [0.05, 0.1) is 5.02 Å². The minimum atomic E-state index is -0.0521. The lowest BCUT2D eigenvalue weighted by Gasteiger charge is -2.25. The number of halogens is 1. The van der Waals surface area contributed by atoms with Gasteiger partial charge in [-0.3, -0.25) is 4.79 Å². The summed E-state index contributed by atoms with van der Waals surface area (Å²) in [5.74, 6) is 0.242. The summed E-state index contributed by atoms with van der Waals surface area (Å²) < 4.78 is 0. The van der Waals surface area contributed by atoms with Crippen LogP contribution in [-0.2, 0) is 16.6 Å². The number of benzene rings is 2. The third-order valence-corrected chi connectivity index (χ3v) is 6.02. The SMILES string of the molecule is CN(C)[C@H](CNC(=O)[C@@H]1C[C@]1(C)c1ccccc1)Cc1ccc(O)c(Cl)c1. The van der Waals surface area contributed by atoms with Crippen LogP contribution in [0.3, 0.4) is 0 Å². The molecular weight excluding hydrogens is 360 g/mol. The molecule has 0 spiro atoms. The maximum absolute atomic E-state index is 12.7. The van der Waals surface area contributed by atoms with Gasteiger partial charge in [0, 0.05) is 23.9 Å². The van der Waals surface area contributed by atoms with Gasteiger partial charge in [0.2, 0.25) is 5.91 Å².